The highest BCUT2D eigenvalue weighted by Gasteiger charge is 2.76. The Balaban J connectivity index is 2.68. The number of alkyl halides is 7. The highest BCUT2D eigenvalue weighted by molar-refractivity contribution is 6.12. The van der Waals surface area contributed by atoms with Crippen molar-refractivity contribution in [2.45, 2.75) is 24.9 Å². The molecule has 0 bridgehead atoms. The summed E-state index contributed by atoms with van der Waals surface area (Å²) in [5.41, 5.74) is -0.969. The van der Waals surface area contributed by atoms with Gasteiger partial charge in [0.2, 0.25) is 5.78 Å². The number of hydrogen-bond donors (Lipinski definition) is 0. The van der Waals surface area contributed by atoms with Crippen molar-refractivity contribution in [2.24, 2.45) is 0 Å². The van der Waals surface area contributed by atoms with Gasteiger partial charge in [-0.15, -0.1) is 0 Å². The summed E-state index contributed by atoms with van der Waals surface area (Å²) in [6.07, 6.45) is -6.55. The number of halogens is 7. The predicted octanol–water partition coefficient (Wildman–Crippen LogP) is 5.16. The summed E-state index contributed by atoms with van der Waals surface area (Å²) in [6, 6.07) is 8.15. The second kappa shape index (κ2) is 5.21. The van der Waals surface area contributed by atoms with Crippen molar-refractivity contribution in [1.82, 2.24) is 0 Å². The Labute approximate surface area is 125 Å². The Morgan fingerprint density at radius 3 is 2.00 bits per heavy atom. The van der Waals surface area contributed by atoms with Gasteiger partial charge in [0.25, 0.3) is 0 Å². The lowest BCUT2D eigenvalue weighted by Gasteiger charge is -2.27. The van der Waals surface area contributed by atoms with Crippen LogP contribution in [0.3, 0.4) is 0 Å². The summed E-state index contributed by atoms with van der Waals surface area (Å²) >= 11 is 0. The lowest BCUT2D eigenvalue weighted by atomic mass is 9.91. The Morgan fingerprint density at radius 2 is 1.43 bits per heavy atom. The first-order valence-electron chi connectivity index (χ1n) is 6.27. The largest absolute Gasteiger partial charge is 0.460 e. The van der Waals surface area contributed by atoms with Gasteiger partial charge in [0, 0.05) is 5.56 Å². The Bertz CT molecular complexity index is 762. The molecular weight excluding hydrogens is 329 g/mol. The van der Waals surface area contributed by atoms with Crippen LogP contribution in [-0.2, 0) is 0 Å². The molecule has 0 atom stereocenters. The van der Waals surface area contributed by atoms with E-state index in [2.05, 4.69) is 0 Å². The highest BCUT2D eigenvalue weighted by Crippen LogP contribution is 2.48. The van der Waals surface area contributed by atoms with Gasteiger partial charge in [-0.1, -0.05) is 36.4 Å². The molecule has 2 aromatic rings. The molecule has 0 fully saturated rings. The quantitative estimate of drug-likeness (QED) is 0.558. The summed E-state index contributed by atoms with van der Waals surface area (Å²) in [6.45, 7) is 1.18. The molecule has 124 valence electrons. The van der Waals surface area contributed by atoms with Crippen molar-refractivity contribution < 1.29 is 35.5 Å². The molecule has 0 saturated heterocycles. The van der Waals surface area contributed by atoms with Gasteiger partial charge in [-0.25, -0.2) is 0 Å². The number of hydrogen-bond acceptors (Lipinski definition) is 1. The first-order chi connectivity index (χ1) is 10.4. The SMILES string of the molecule is Cc1ccc2ccccc2c1C(=O)C(F)(F)C(F)(F)C(F)(F)F. The second-order valence-electron chi connectivity index (χ2n) is 4.95. The zero-order valence-corrected chi connectivity index (χ0v) is 11.5. The number of ketones is 1. The van der Waals surface area contributed by atoms with Crippen LogP contribution in [0.1, 0.15) is 15.9 Å². The molecule has 0 heterocycles. The van der Waals surface area contributed by atoms with Crippen molar-refractivity contribution in [2.75, 3.05) is 0 Å². The van der Waals surface area contributed by atoms with Crippen LogP contribution in [0, 0.1) is 6.92 Å². The number of rotatable bonds is 3. The van der Waals surface area contributed by atoms with Gasteiger partial charge in [-0.2, -0.15) is 30.7 Å². The van der Waals surface area contributed by atoms with Gasteiger partial charge in [0.15, 0.2) is 0 Å². The topological polar surface area (TPSA) is 17.1 Å². The van der Waals surface area contributed by atoms with Crippen LogP contribution in [-0.4, -0.2) is 23.8 Å². The maximum absolute atomic E-state index is 13.7. The summed E-state index contributed by atoms with van der Waals surface area (Å²) in [5, 5.41) is 0.155. The third-order valence-corrected chi connectivity index (χ3v) is 3.40. The van der Waals surface area contributed by atoms with Gasteiger partial charge in [-0.05, 0) is 23.3 Å². The molecule has 0 spiro atoms. The van der Waals surface area contributed by atoms with Crippen LogP contribution in [0.25, 0.3) is 10.8 Å². The third kappa shape index (κ3) is 2.55. The average Bonchev–Trinajstić information content (AvgIpc) is 2.45. The van der Waals surface area contributed by atoms with Crippen molar-refractivity contribution in [3.05, 3.63) is 47.5 Å². The van der Waals surface area contributed by atoms with Gasteiger partial charge in [-0.3, -0.25) is 4.79 Å². The molecule has 0 aliphatic heterocycles. The fraction of sp³-hybridized carbons (Fsp3) is 0.267. The molecule has 1 nitrogen and oxygen atoms in total. The molecule has 0 saturated carbocycles. The second-order valence-corrected chi connectivity index (χ2v) is 4.95. The van der Waals surface area contributed by atoms with Crippen molar-refractivity contribution in [3.8, 4) is 0 Å². The summed E-state index contributed by atoms with van der Waals surface area (Å²) in [5.74, 6) is -14.9. The molecular formula is C15H9F7O. The fourth-order valence-corrected chi connectivity index (χ4v) is 2.16. The van der Waals surface area contributed by atoms with E-state index in [1.165, 1.54) is 43.3 Å². The van der Waals surface area contributed by atoms with E-state index in [1.807, 2.05) is 0 Å². The number of aryl methyl sites for hydroxylation is 1. The van der Waals surface area contributed by atoms with Crippen molar-refractivity contribution in [3.63, 3.8) is 0 Å². The molecule has 0 aliphatic rings. The summed E-state index contributed by atoms with van der Waals surface area (Å²) in [4.78, 5) is 11.9. The zero-order chi connectivity index (χ0) is 17.6. The van der Waals surface area contributed by atoms with Gasteiger partial charge < -0.3 is 0 Å². The number of fused-ring (bicyclic) bond motifs is 1. The molecule has 0 radical (unpaired) electrons. The molecule has 2 aromatic carbocycles. The molecule has 23 heavy (non-hydrogen) atoms. The van der Waals surface area contributed by atoms with Crippen LogP contribution in [0.4, 0.5) is 30.7 Å². The van der Waals surface area contributed by atoms with Crippen LogP contribution in [0.5, 0.6) is 0 Å². The van der Waals surface area contributed by atoms with Crippen LogP contribution in [0.15, 0.2) is 36.4 Å². The number of carbonyl (C=O) groups is 1. The molecule has 2 rings (SSSR count). The third-order valence-electron chi connectivity index (χ3n) is 3.40. The molecule has 0 aromatic heterocycles. The van der Waals surface area contributed by atoms with E-state index in [-0.39, 0.29) is 16.3 Å². The van der Waals surface area contributed by atoms with E-state index in [9.17, 15) is 35.5 Å². The van der Waals surface area contributed by atoms with Gasteiger partial charge in [0.1, 0.15) is 0 Å². The Hall–Kier alpha value is -2.12. The first kappa shape index (κ1) is 17.2. The minimum atomic E-state index is -6.55. The standard InChI is InChI=1S/C15H9F7O/c1-8-6-7-9-4-2-3-5-10(9)11(8)12(23)13(16,17)14(18,19)15(20,21)22/h2-7H,1H3. The smallest absolute Gasteiger partial charge is 0.287 e. The van der Waals surface area contributed by atoms with Gasteiger partial charge in [0.05, 0.1) is 0 Å². The van der Waals surface area contributed by atoms with Crippen LogP contribution < -0.4 is 0 Å². The van der Waals surface area contributed by atoms with E-state index in [1.54, 1.807) is 0 Å². The summed E-state index contributed by atoms with van der Waals surface area (Å²) < 4.78 is 90.2. The molecule has 0 unspecified atom stereocenters. The van der Waals surface area contributed by atoms with E-state index in [4.69, 9.17) is 0 Å². The van der Waals surface area contributed by atoms with E-state index < -0.39 is 29.4 Å². The van der Waals surface area contributed by atoms with E-state index in [0.717, 1.165) is 0 Å². The molecule has 0 N–H and O–H groups in total. The highest BCUT2D eigenvalue weighted by atomic mass is 19.4. The lowest BCUT2D eigenvalue weighted by molar-refractivity contribution is -0.339. The fourth-order valence-electron chi connectivity index (χ4n) is 2.16. The predicted molar refractivity (Wildman–Crippen MR) is 69.0 cm³/mol. The summed E-state index contributed by atoms with van der Waals surface area (Å²) in [7, 11) is 0. The average molecular weight is 338 g/mol. The van der Waals surface area contributed by atoms with Crippen molar-refractivity contribution in [1.29, 1.82) is 0 Å². The van der Waals surface area contributed by atoms with Crippen LogP contribution in [0.2, 0.25) is 0 Å². The van der Waals surface area contributed by atoms with E-state index in [0.29, 0.717) is 0 Å². The minimum Gasteiger partial charge on any atom is -0.287 e. The van der Waals surface area contributed by atoms with Crippen LogP contribution >= 0.6 is 0 Å². The number of carbonyl (C=O) groups excluding carboxylic acids is 1. The Morgan fingerprint density at radius 1 is 0.870 bits per heavy atom. The van der Waals surface area contributed by atoms with Crippen molar-refractivity contribution >= 4 is 16.6 Å². The minimum absolute atomic E-state index is 0.116. The maximum Gasteiger partial charge on any atom is 0.460 e. The number of Topliss-reactive ketones (excluding diaryl/α,β-unsaturated/α-hetero) is 1. The number of benzene rings is 2. The molecule has 8 heteroatoms. The van der Waals surface area contributed by atoms with E-state index >= 15 is 0 Å². The van der Waals surface area contributed by atoms with Gasteiger partial charge >= 0.3 is 18.0 Å². The molecule has 0 amide bonds. The Kier molecular flexibility index (Phi) is 3.90. The normalized spacial score (nSPS) is 13.4. The monoisotopic (exact) mass is 338 g/mol. The first-order valence-corrected chi connectivity index (χ1v) is 6.27. The maximum atomic E-state index is 13.7. The lowest BCUT2D eigenvalue weighted by Crippen LogP contribution is -2.56. The molecule has 0 aliphatic carbocycles. The zero-order valence-electron chi connectivity index (χ0n) is 11.5.